The summed E-state index contributed by atoms with van der Waals surface area (Å²) >= 11 is 0. The number of hydrogen-bond donors (Lipinski definition) is 1. The van der Waals surface area contributed by atoms with E-state index in [2.05, 4.69) is 285 Å². The molecule has 0 aliphatic rings. The van der Waals surface area contributed by atoms with Crippen LogP contribution in [0, 0.1) is 0 Å². The SMILES string of the molecule is CC(C)(C)c1cc(-c2cc(-c3ccccc3)ccn2)cc(-c2cccc3c2nc(-c2cc(C(C)(C)C)cc(C(C)(C)C)c2O)n3-c2ccc(-c3ccc(-c4ccc(-c5ccccc5)cc4)cc3)cc2-c2ccccc2)c1. The second kappa shape index (κ2) is 19.6. The van der Waals surface area contributed by atoms with E-state index >= 15 is 0 Å². The van der Waals surface area contributed by atoms with Crippen LogP contribution in [0.1, 0.15) is 79.0 Å². The molecule has 0 atom stereocenters. The summed E-state index contributed by atoms with van der Waals surface area (Å²) in [5.74, 6) is 0.918. The first kappa shape index (κ1) is 49.6. The van der Waals surface area contributed by atoms with Crippen molar-refractivity contribution in [2.75, 3.05) is 0 Å². The fourth-order valence-electron chi connectivity index (χ4n) is 10.4. The molecule has 11 aromatic rings. The van der Waals surface area contributed by atoms with Gasteiger partial charge in [0.25, 0.3) is 0 Å². The maximum absolute atomic E-state index is 12.7. The van der Waals surface area contributed by atoms with Crippen LogP contribution in [-0.2, 0) is 16.2 Å². The number of para-hydroxylation sites is 1. The second-order valence-corrected chi connectivity index (χ2v) is 23.3. The molecular formula is C72H65N3O. The Kier molecular flexibility index (Phi) is 12.8. The molecule has 374 valence electrons. The van der Waals surface area contributed by atoms with E-state index in [-0.39, 0.29) is 22.0 Å². The summed E-state index contributed by atoms with van der Waals surface area (Å²) in [5.41, 5.74) is 21.3. The molecule has 4 heteroatoms. The van der Waals surface area contributed by atoms with Gasteiger partial charge in [0.2, 0.25) is 0 Å². The molecular weight excluding hydrogens is 923 g/mol. The van der Waals surface area contributed by atoms with Crippen molar-refractivity contribution >= 4 is 11.0 Å². The zero-order valence-electron chi connectivity index (χ0n) is 45.2. The molecule has 9 aromatic carbocycles. The van der Waals surface area contributed by atoms with Crippen molar-refractivity contribution in [1.29, 1.82) is 0 Å². The zero-order valence-corrected chi connectivity index (χ0v) is 45.2. The summed E-state index contributed by atoms with van der Waals surface area (Å²) < 4.78 is 2.29. The van der Waals surface area contributed by atoms with Crippen LogP contribution in [0.25, 0.3) is 106 Å². The molecule has 0 saturated heterocycles. The van der Waals surface area contributed by atoms with E-state index in [1.165, 1.54) is 22.3 Å². The van der Waals surface area contributed by atoms with Crippen molar-refractivity contribution in [3.05, 3.63) is 241 Å². The van der Waals surface area contributed by atoms with Gasteiger partial charge in [0.05, 0.1) is 28.0 Å². The summed E-state index contributed by atoms with van der Waals surface area (Å²) in [5, 5.41) is 12.7. The molecule has 1 N–H and O–H groups in total. The van der Waals surface area contributed by atoms with Crippen LogP contribution in [0.15, 0.2) is 225 Å². The average Bonchev–Trinajstić information content (AvgIpc) is 3.84. The Balaban J connectivity index is 1.12. The van der Waals surface area contributed by atoms with Gasteiger partial charge < -0.3 is 5.11 Å². The Morgan fingerprint density at radius 2 is 0.842 bits per heavy atom. The van der Waals surface area contributed by atoms with Gasteiger partial charge in [-0.05, 0) is 132 Å². The standard InChI is InChI=1S/C72H65N3O/c1-70(2,3)58-41-56(40-57(42-58)64-44-55(38-39-73-64)48-22-15-11-16-23-48)60-26-19-27-66-67(60)74-69(62-45-59(71(4,5)6)46-63(68(62)76)72(7,8)9)75(66)65-37-36-54(43-61(65)53-24-17-12-18-25-53)52-34-32-51(33-35-52)50-30-28-49(29-31-50)47-20-13-10-14-21-47/h10-46,76H,1-9H3. The molecule has 0 saturated carbocycles. The van der Waals surface area contributed by atoms with Crippen LogP contribution in [-0.4, -0.2) is 19.6 Å². The molecule has 0 spiro atoms. The summed E-state index contributed by atoms with van der Waals surface area (Å²) in [7, 11) is 0. The third kappa shape index (κ3) is 9.80. The minimum absolute atomic E-state index is 0.163. The van der Waals surface area contributed by atoms with E-state index in [1.54, 1.807) is 0 Å². The van der Waals surface area contributed by atoms with Crippen LogP contribution in [0.5, 0.6) is 5.75 Å². The minimum atomic E-state index is -0.351. The smallest absolute Gasteiger partial charge is 0.149 e. The van der Waals surface area contributed by atoms with Crippen molar-refractivity contribution in [3.63, 3.8) is 0 Å². The highest BCUT2D eigenvalue weighted by Crippen LogP contribution is 2.46. The van der Waals surface area contributed by atoms with Gasteiger partial charge in [0.1, 0.15) is 11.6 Å². The fraction of sp³-hybridized carbons (Fsp3) is 0.167. The lowest BCUT2D eigenvalue weighted by Gasteiger charge is -2.27. The number of pyridine rings is 1. The molecule has 0 aliphatic heterocycles. The van der Waals surface area contributed by atoms with Crippen molar-refractivity contribution in [3.8, 4) is 101 Å². The maximum Gasteiger partial charge on any atom is 0.149 e. The normalized spacial score (nSPS) is 12.1. The van der Waals surface area contributed by atoms with Crippen molar-refractivity contribution in [1.82, 2.24) is 14.5 Å². The number of benzene rings is 9. The number of phenols is 1. The van der Waals surface area contributed by atoms with Crippen LogP contribution in [0.3, 0.4) is 0 Å². The topological polar surface area (TPSA) is 50.9 Å². The summed E-state index contributed by atoms with van der Waals surface area (Å²) in [6, 6.07) is 78.2. The third-order valence-corrected chi connectivity index (χ3v) is 14.8. The lowest BCUT2D eigenvalue weighted by atomic mass is 9.79. The van der Waals surface area contributed by atoms with Crippen LogP contribution in [0.2, 0.25) is 0 Å². The number of aromatic hydroxyl groups is 1. The first-order valence-corrected chi connectivity index (χ1v) is 26.5. The number of rotatable bonds is 9. The van der Waals surface area contributed by atoms with Crippen LogP contribution >= 0.6 is 0 Å². The van der Waals surface area contributed by atoms with E-state index in [9.17, 15) is 5.11 Å². The predicted molar refractivity (Wildman–Crippen MR) is 320 cm³/mol. The van der Waals surface area contributed by atoms with Crippen molar-refractivity contribution < 1.29 is 5.11 Å². The first-order chi connectivity index (χ1) is 36.5. The molecule has 76 heavy (non-hydrogen) atoms. The van der Waals surface area contributed by atoms with Gasteiger partial charge in [-0.2, -0.15) is 0 Å². The van der Waals surface area contributed by atoms with E-state index in [4.69, 9.17) is 9.97 Å². The number of aromatic nitrogens is 3. The van der Waals surface area contributed by atoms with Gasteiger partial charge in [-0.1, -0.05) is 232 Å². The van der Waals surface area contributed by atoms with Gasteiger partial charge in [-0.15, -0.1) is 0 Å². The summed E-state index contributed by atoms with van der Waals surface area (Å²) in [6.45, 7) is 20.0. The monoisotopic (exact) mass is 988 g/mol. The van der Waals surface area contributed by atoms with Crippen LogP contribution in [0.4, 0.5) is 0 Å². The van der Waals surface area contributed by atoms with Gasteiger partial charge in [0, 0.05) is 28.5 Å². The molecule has 2 heterocycles. The van der Waals surface area contributed by atoms with Gasteiger partial charge in [-0.25, -0.2) is 4.98 Å². The Morgan fingerprint density at radius 3 is 1.41 bits per heavy atom. The minimum Gasteiger partial charge on any atom is -0.507 e. The zero-order chi connectivity index (χ0) is 52.9. The van der Waals surface area contributed by atoms with Crippen molar-refractivity contribution in [2.45, 2.75) is 78.6 Å². The van der Waals surface area contributed by atoms with Gasteiger partial charge in [-0.3, -0.25) is 9.55 Å². The molecule has 0 bridgehead atoms. The molecule has 0 radical (unpaired) electrons. The number of nitrogens with zero attached hydrogens (tertiary/aromatic N) is 3. The molecule has 4 nitrogen and oxygen atoms in total. The molecule has 11 rings (SSSR count). The third-order valence-electron chi connectivity index (χ3n) is 14.8. The van der Waals surface area contributed by atoms with E-state index in [0.717, 1.165) is 89.2 Å². The first-order valence-electron chi connectivity index (χ1n) is 26.5. The summed E-state index contributed by atoms with van der Waals surface area (Å²) in [6.07, 6.45) is 1.91. The molecule has 0 unspecified atom stereocenters. The fourth-order valence-corrected chi connectivity index (χ4v) is 10.4. The van der Waals surface area contributed by atoms with E-state index < -0.39 is 0 Å². The van der Waals surface area contributed by atoms with Gasteiger partial charge >= 0.3 is 0 Å². The Labute approximate surface area is 449 Å². The Bertz CT molecular complexity index is 3890. The Hall–Kier alpha value is -8.60. The van der Waals surface area contributed by atoms with Crippen LogP contribution < -0.4 is 0 Å². The summed E-state index contributed by atoms with van der Waals surface area (Å²) in [4.78, 5) is 10.7. The molecule has 0 amide bonds. The molecule has 0 aliphatic carbocycles. The Morgan fingerprint density at radius 1 is 0.355 bits per heavy atom. The quantitative estimate of drug-likeness (QED) is 0.157. The van der Waals surface area contributed by atoms with Crippen molar-refractivity contribution in [2.24, 2.45) is 0 Å². The lowest BCUT2D eigenvalue weighted by Crippen LogP contribution is -2.17. The lowest BCUT2D eigenvalue weighted by molar-refractivity contribution is 0.446. The highest BCUT2D eigenvalue weighted by Gasteiger charge is 2.30. The molecule has 0 fully saturated rings. The largest absolute Gasteiger partial charge is 0.507 e. The number of imidazole rings is 1. The van der Waals surface area contributed by atoms with E-state index in [0.29, 0.717) is 11.4 Å². The second-order valence-electron chi connectivity index (χ2n) is 23.3. The molecule has 2 aromatic heterocycles. The maximum atomic E-state index is 12.7. The average molecular weight is 988 g/mol. The predicted octanol–water partition coefficient (Wildman–Crippen LogP) is 19.4. The number of fused-ring (bicyclic) bond motifs is 1. The van der Waals surface area contributed by atoms with E-state index in [1.807, 2.05) is 6.20 Å². The highest BCUT2D eigenvalue weighted by molar-refractivity contribution is 5.98. The number of phenolic OH excluding ortho intramolecular Hbond substituents is 1. The highest BCUT2D eigenvalue weighted by atomic mass is 16.3. The van der Waals surface area contributed by atoms with Gasteiger partial charge in [0.15, 0.2) is 0 Å². The number of hydrogen-bond acceptors (Lipinski definition) is 3.